The summed E-state index contributed by atoms with van der Waals surface area (Å²) in [6.45, 7) is 4.21. The summed E-state index contributed by atoms with van der Waals surface area (Å²) in [7, 11) is -3.65. The van der Waals surface area contributed by atoms with Gasteiger partial charge >= 0.3 is 11.8 Å². The fourth-order valence-corrected chi connectivity index (χ4v) is 6.23. The first kappa shape index (κ1) is 21.8. The van der Waals surface area contributed by atoms with Crippen molar-refractivity contribution in [2.75, 3.05) is 13.1 Å². The van der Waals surface area contributed by atoms with E-state index in [2.05, 4.69) is 10.6 Å². The second-order valence-electron chi connectivity index (χ2n) is 8.20. The zero-order valence-electron chi connectivity index (χ0n) is 17.2. The lowest BCUT2D eigenvalue weighted by Crippen LogP contribution is -2.49. The molecular formula is C21H31N3O4S. The minimum Gasteiger partial charge on any atom is -0.346 e. The zero-order chi connectivity index (χ0) is 21.0. The highest BCUT2D eigenvalue weighted by molar-refractivity contribution is 7.89. The van der Waals surface area contributed by atoms with Gasteiger partial charge in [-0.25, -0.2) is 8.42 Å². The predicted octanol–water partition coefficient (Wildman–Crippen LogP) is 2.02. The molecule has 2 amide bonds. The van der Waals surface area contributed by atoms with Crippen LogP contribution < -0.4 is 10.6 Å². The van der Waals surface area contributed by atoms with Crippen LogP contribution in [0.4, 0.5) is 0 Å². The van der Waals surface area contributed by atoms with E-state index in [0.717, 1.165) is 37.7 Å². The van der Waals surface area contributed by atoms with Gasteiger partial charge in [-0.1, -0.05) is 31.4 Å². The van der Waals surface area contributed by atoms with Crippen molar-refractivity contribution in [2.24, 2.45) is 0 Å². The van der Waals surface area contributed by atoms with Gasteiger partial charge in [0.15, 0.2) is 0 Å². The molecule has 0 unspecified atom stereocenters. The average molecular weight is 422 g/mol. The van der Waals surface area contributed by atoms with Crippen molar-refractivity contribution in [1.82, 2.24) is 14.9 Å². The summed E-state index contributed by atoms with van der Waals surface area (Å²) in [5.41, 5.74) is 1.59. The van der Waals surface area contributed by atoms with Crippen molar-refractivity contribution in [3.05, 3.63) is 29.3 Å². The second kappa shape index (κ2) is 9.26. The predicted molar refractivity (Wildman–Crippen MR) is 111 cm³/mol. The first-order valence-electron chi connectivity index (χ1n) is 10.5. The van der Waals surface area contributed by atoms with Gasteiger partial charge in [0.05, 0.1) is 4.90 Å². The lowest BCUT2D eigenvalue weighted by molar-refractivity contribution is -0.139. The van der Waals surface area contributed by atoms with E-state index >= 15 is 0 Å². The molecule has 1 saturated carbocycles. The monoisotopic (exact) mass is 421 g/mol. The molecule has 1 atom stereocenters. The number of aryl methyl sites for hydroxylation is 2. The van der Waals surface area contributed by atoms with Gasteiger partial charge in [0.25, 0.3) is 0 Å². The Hall–Kier alpha value is -1.93. The number of hydrogen-bond donors (Lipinski definition) is 2. The summed E-state index contributed by atoms with van der Waals surface area (Å²) >= 11 is 0. The largest absolute Gasteiger partial charge is 0.346 e. The van der Waals surface area contributed by atoms with Gasteiger partial charge in [-0.05, 0) is 56.7 Å². The molecule has 1 heterocycles. The van der Waals surface area contributed by atoms with E-state index in [1.807, 2.05) is 19.1 Å². The highest BCUT2D eigenvalue weighted by Gasteiger charge is 2.36. The highest BCUT2D eigenvalue weighted by Crippen LogP contribution is 2.28. The lowest BCUT2D eigenvalue weighted by atomic mass is 9.95. The summed E-state index contributed by atoms with van der Waals surface area (Å²) in [5, 5.41) is 5.43. The first-order valence-corrected chi connectivity index (χ1v) is 11.9. The average Bonchev–Trinajstić information content (AvgIpc) is 3.18. The first-order chi connectivity index (χ1) is 13.8. The summed E-state index contributed by atoms with van der Waals surface area (Å²) in [6.07, 6.45) is 6.52. The SMILES string of the molecule is Cc1ccc(C)c(S(=O)(=O)N2CCC[C@H]2CNC(=O)C(=O)NC2CCCCC2)c1. The minimum atomic E-state index is -3.65. The van der Waals surface area contributed by atoms with E-state index in [4.69, 9.17) is 0 Å². The summed E-state index contributed by atoms with van der Waals surface area (Å²) in [4.78, 5) is 24.7. The molecule has 0 spiro atoms. The number of hydrogen-bond acceptors (Lipinski definition) is 4. The van der Waals surface area contributed by atoms with Gasteiger partial charge in [0.2, 0.25) is 10.0 Å². The Kier molecular flexibility index (Phi) is 6.95. The van der Waals surface area contributed by atoms with Crippen LogP contribution in [0.2, 0.25) is 0 Å². The Balaban J connectivity index is 1.61. The van der Waals surface area contributed by atoms with Crippen LogP contribution in [0.15, 0.2) is 23.1 Å². The number of carbonyl (C=O) groups is 2. The van der Waals surface area contributed by atoms with Gasteiger partial charge in [0, 0.05) is 25.2 Å². The Bertz CT molecular complexity index is 863. The maximum atomic E-state index is 13.2. The highest BCUT2D eigenvalue weighted by atomic mass is 32.2. The number of nitrogens with one attached hydrogen (secondary N) is 2. The van der Waals surface area contributed by atoms with E-state index < -0.39 is 21.8 Å². The fraction of sp³-hybridized carbons (Fsp3) is 0.619. The molecule has 1 aliphatic heterocycles. The Labute approximate surface area is 173 Å². The zero-order valence-corrected chi connectivity index (χ0v) is 18.1. The van der Waals surface area contributed by atoms with Gasteiger partial charge in [0.1, 0.15) is 0 Å². The van der Waals surface area contributed by atoms with Crippen LogP contribution in [0.5, 0.6) is 0 Å². The molecule has 2 N–H and O–H groups in total. The summed E-state index contributed by atoms with van der Waals surface area (Å²) in [5.74, 6) is -1.31. The molecular weight excluding hydrogens is 390 g/mol. The van der Waals surface area contributed by atoms with Gasteiger partial charge in [-0.2, -0.15) is 4.31 Å². The third-order valence-corrected chi connectivity index (χ3v) is 7.99. The number of amides is 2. The topological polar surface area (TPSA) is 95.6 Å². The molecule has 1 aromatic carbocycles. The number of benzene rings is 1. The number of carbonyl (C=O) groups excluding carboxylic acids is 2. The standard InChI is InChI=1S/C21H31N3O4S/c1-15-10-11-16(2)19(13-15)29(27,28)24-12-6-9-18(24)14-22-20(25)21(26)23-17-7-4-3-5-8-17/h10-11,13,17-18H,3-9,12,14H2,1-2H3,(H,22,25)(H,23,26)/t18-/m0/s1. The van der Waals surface area contributed by atoms with Crippen molar-refractivity contribution >= 4 is 21.8 Å². The quantitative estimate of drug-likeness (QED) is 0.711. The molecule has 1 saturated heterocycles. The number of sulfonamides is 1. The van der Waals surface area contributed by atoms with Crippen molar-refractivity contribution < 1.29 is 18.0 Å². The molecule has 3 rings (SSSR count). The van der Waals surface area contributed by atoms with Crippen LogP contribution in [0.1, 0.15) is 56.1 Å². The van der Waals surface area contributed by atoms with E-state index in [1.54, 1.807) is 13.0 Å². The van der Waals surface area contributed by atoms with Gasteiger partial charge in [-0.15, -0.1) is 0 Å². The van der Waals surface area contributed by atoms with Crippen LogP contribution in [0.25, 0.3) is 0 Å². The second-order valence-corrected chi connectivity index (χ2v) is 10.1. The Morgan fingerprint density at radius 3 is 2.48 bits per heavy atom. The smallest absolute Gasteiger partial charge is 0.309 e. The van der Waals surface area contributed by atoms with Crippen molar-refractivity contribution in [3.8, 4) is 0 Å². The molecule has 8 heteroatoms. The third kappa shape index (κ3) is 5.17. The van der Waals surface area contributed by atoms with Gasteiger partial charge < -0.3 is 10.6 Å². The van der Waals surface area contributed by atoms with E-state index in [9.17, 15) is 18.0 Å². The normalized spacial score (nSPS) is 21.1. The van der Waals surface area contributed by atoms with E-state index in [0.29, 0.717) is 23.4 Å². The molecule has 0 aromatic heterocycles. The molecule has 0 radical (unpaired) electrons. The Morgan fingerprint density at radius 1 is 1.03 bits per heavy atom. The molecule has 2 fully saturated rings. The van der Waals surface area contributed by atoms with E-state index in [-0.39, 0.29) is 18.6 Å². The summed E-state index contributed by atoms with van der Waals surface area (Å²) < 4.78 is 27.9. The van der Waals surface area contributed by atoms with Crippen molar-refractivity contribution in [3.63, 3.8) is 0 Å². The molecule has 0 bridgehead atoms. The molecule has 1 aromatic rings. The van der Waals surface area contributed by atoms with Crippen LogP contribution in [0, 0.1) is 13.8 Å². The van der Waals surface area contributed by atoms with E-state index in [1.165, 1.54) is 10.7 Å². The minimum absolute atomic E-state index is 0.0645. The number of nitrogens with zero attached hydrogens (tertiary/aromatic N) is 1. The van der Waals surface area contributed by atoms with Crippen molar-refractivity contribution in [2.45, 2.75) is 75.8 Å². The number of rotatable bonds is 5. The molecule has 2 aliphatic rings. The fourth-order valence-electron chi connectivity index (χ4n) is 4.23. The van der Waals surface area contributed by atoms with Crippen LogP contribution in [0.3, 0.4) is 0 Å². The van der Waals surface area contributed by atoms with Crippen LogP contribution >= 0.6 is 0 Å². The Morgan fingerprint density at radius 2 is 1.76 bits per heavy atom. The van der Waals surface area contributed by atoms with Crippen LogP contribution in [-0.2, 0) is 19.6 Å². The van der Waals surface area contributed by atoms with Crippen LogP contribution in [-0.4, -0.2) is 49.7 Å². The van der Waals surface area contributed by atoms with Crippen molar-refractivity contribution in [1.29, 1.82) is 0 Å². The third-order valence-electron chi connectivity index (χ3n) is 5.90. The maximum absolute atomic E-state index is 13.2. The molecule has 1 aliphatic carbocycles. The molecule has 7 nitrogen and oxygen atoms in total. The molecule has 160 valence electrons. The summed E-state index contributed by atoms with van der Waals surface area (Å²) in [6, 6.07) is 5.11. The lowest BCUT2D eigenvalue weighted by Gasteiger charge is -2.25. The maximum Gasteiger partial charge on any atom is 0.309 e. The molecule has 29 heavy (non-hydrogen) atoms. The van der Waals surface area contributed by atoms with Gasteiger partial charge in [-0.3, -0.25) is 9.59 Å².